The highest BCUT2D eigenvalue weighted by atomic mass is 32.1. The molecule has 0 saturated carbocycles. The van der Waals surface area contributed by atoms with Crippen LogP contribution in [0.5, 0.6) is 0 Å². The molecular weight excluding hydrogens is 306 g/mol. The van der Waals surface area contributed by atoms with Crippen molar-refractivity contribution in [3.8, 4) is 5.82 Å². The second-order valence-electron chi connectivity index (χ2n) is 5.26. The molecule has 1 aromatic carbocycles. The van der Waals surface area contributed by atoms with E-state index in [2.05, 4.69) is 44.0 Å². The predicted molar refractivity (Wildman–Crippen MR) is 93.0 cm³/mol. The molecule has 3 heterocycles. The first-order chi connectivity index (χ1) is 11.3. The maximum atomic E-state index is 4.62. The summed E-state index contributed by atoms with van der Waals surface area (Å²) in [6, 6.07) is 12.2. The number of thiophene rings is 1. The van der Waals surface area contributed by atoms with Crippen LogP contribution in [0.25, 0.3) is 16.9 Å². The molecule has 0 amide bonds. The Balaban J connectivity index is 1.66. The Hall–Kier alpha value is -2.73. The molecule has 0 bridgehead atoms. The molecule has 5 nitrogen and oxygen atoms in total. The van der Waals surface area contributed by atoms with Crippen LogP contribution in [0.4, 0.5) is 5.95 Å². The molecule has 0 saturated heterocycles. The van der Waals surface area contributed by atoms with Crippen molar-refractivity contribution in [2.45, 2.75) is 13.0 Å². The molecule has 0 fully saturated rings. The summed E-state index contributed by atoms with van der Waals surface area (Å²) in [6.07, 6.45) is 3.55. The molecule has 0 spiro atoms. The van der Waals surface area contributed by atoms with Crippen molar-refractivity contribution >= 4 is 28.3 Å². The molecule has 6 heteroatoms. The van der Waals surface area contributed by atoms with E-state index in [-0.39, 0.29) is 6.04 Å². The Morgan fingerprint density at radius 1 is 1.13 bits per heavy atom. The summed E-state index contributed by atoms with van der Waals surface area (Å²) >= 11 is 1.69. The van der Waals surface area contributed by atoms with Gasteiger partial charge in [-0.25, -0.2) is 9.97 Å². The SMILES string of the molecule is CC(Nc1nccc(-n2cnc3ccccc32)n1)c1ccsc1. The van der Waals surface area contributed by atoms with Crippen LogP contribution in [0.15, 0.2) is 59.7 Å². The lowest BCUT2D eigenvalue weighted by Crippen LogP contribution is -2.09. The maximum Gasteiger partial charge on any atom is 0.225 e. The monoisotopic (exact) mass is 321 g/mol. The summed E-state index contributed by atoms with van der Waals surface area (Å²) in [6.45, 7) is 2.10. The van der Waals surface area contributed by atoms with Crippen molar-refractivity contribution in [3.05, 3.63) is 65.2 Å². The summed E-state index contributed by atoms with van der Waals surface area (Å²) in [4.78, 5) is 13.4. The van der Waals surface area contributed by atoms with E-state index in [1.54, 1.807) is 23.9 Å². The number of aromatic nitrogens is 4. The zero-order valence-electron chi connectivity index (χ0n) is 12.5. The van der Waals surface area contributed by atoms with Crippen LogP contribution in [0.2, 0.25) is 0 Å². The number of nitrogens with one attached hydrogen (secondary N) is 1. The molecule has 23 heavy (non-hydrogen) atoms. The first-order valence-electron chi connectivity index (χ1n) is 7.35. The van der Waals surface area contributed by atoms with Gasteiger partial charge in [0.25, 0.3) is 0 Å². The molecule has 0 aliphatic heterocycles. The van der Waals surface area contributed by atoms with Gasteiger partial charge in [0, 0.05) is 6.20 Å². The highest BCUT2D eigenvalue weighted by molar-refractivity contribution is 7.08. The van der Waals surface area contributed by atoms with Gasteiger partial charge < -0.3 is 5.32 Å². The highest BCUT2D eigenvalue weighted by Gasteiger charge is 2.10. The third-order valence-corrected chi connectivity index (χ3v) is 4.43. The molecule has 0 radical (unpaired) electrons. The molecule has 114 valence electrons. The number of hydrogen-bond donors (Lipinski definition) is 1. The van der Waals surface area contributed by atoms with E-state index >= 15 is 0 Å². The Bertz CT molecular complexity index is 929. The van der Waals surface area contributed by atoms with E-state index in [0.717, 1.165) is 16.9 Å². The molecule has 4 aromatic rings. The van der Waals surface area contributed by atoms with Crippen molar-refractivity contribution < 1.29 is 0 Å². The topological polar surface area (TPSA) is 55.6 Å². The van der Waals surface area contributed by atoms with Gasteiger partial charge in [-0.2, -0.15) is 16.3 Å². The lowest BCUT2D eigenvalue weighted by Gasteiger charge is -2.13. The largest absolute Gasteiger partial charge is 0.348 e. The fraction of sp³-hybridized carbons (Fsp3) is 0.118. The summed E-state index contributed by atoms with van der Waals surface area (Å²) < 4.78 is 1.97. The minimum Gasteiger partial charge on any atom is -0.348 e. The first kappa shape index (κ1) is 13.9. The van der Waals surface area contributed by atoms with Crippen LogP contribution < -0.4 is 5.32 Å². The normalized spacial score (nSPS) is 12.4. The number of imidazole rings is 1. The smallest absolute Gasteiger partial charge is 0.225 e. The van der Waals surface area contributed by atoms with Crippen LogP contribution in [0.3, 0.4) is 0 Å². The molecule has 4 rings (SSSR count). The average Bonchev–Trinajstić information content (AvgIpc) is 3.25. The van der Waals surface area contributed by atoms with Gasteiger partial charge in [0.2, 0.25) is 5.95 Å². The van der Waals surface area contributed by atoms with Crippen molar-refractivity contribution in [3.63, 3.8) is 0 Å². The second-order valence-corrected chi connectivity index (χ2v) is 6.04. The fourth-order valence-electron chi connectivity index (χ4n) is 2.49. The number of para-hydroxylation sites is 2. The van der Waals surface area contributed by atoms with E-state index in [4.69, 9.17) is 0 Å². The molecule has 1 N–H and O–H groups in total. The van der Waals surface area contributed by atoms with Crippen molar-refractivity contribution in [2.75, 3.05) is 5.32 Å². The zero-order chi connectivity index (χ0) is 15.6. The quantitative estimate of drug-likeness (QED) is 0.616. The number of fused-ring (bicyclic) bond motifs is 1. The Morgan fingerprint density at radius 3 is 2.91 bits per heavy atom. The van der Waals surface area contributed by atoms with Crippen LogP contribution in [0.1, 0.15) is 18.5 Å². The van der Waals surface area contributed by atoms with E-state index in [0.29, 0.717) is 5.95 Å². The summed E-state index contributed by atoms with van der Waals surface area (Å²) in [5.41, 5.74) is 3.22. The van der Waals surface area contributed by atoms with Crippen LogP contribution in [-0.2, 0) is 0 Å². The minimum atomic E-state index is 0.163. The Labute approximate surface area is 137 Å². The first-order valence-corrected chi connectivity index (χ1v) is 8.30. The maximum absolute atomic E-state index is 4.62. The van der Waals surface area contributed by atoms with E-state index < -0.39 is 0 Å². The van der Waals surface area contributed by atoms with Gasteiger partial charge in [0.1, 0.15) is 12.1 Å². The van der Waals surface area contributed by atoms with Crippen molar-refractivity contribution in [1.29, 1.82) is 0 Å². The number of nitrogens with zero attached hydrogens (tertiary/aromatic N) is 4. The van der Waals surface area contributed by atoms with E-state index in [9.17, 15) is 0 Å². The van der Waals surface area contributed by atoms with Gasteiger partial charge in [-0.3, -0.25) is 4.57 Å². The summed E-state index contributed by atoms with van der Waals surface area (Å²) in [7, 11) is 0. The molecule has 1 unspecified atom stereocenters. The zero-order valence-corrected chi connectivity index (χ0v) is 13.4. The molecular formula is C17H15N5S. The summed E-state index contributed by atoms with van der Waals surface area (Å²) in [5, 5.41) is 7.55. The second kappa shape index (κ2) is 5.81. The summed E-state index contributed by atoms with van der Waals surface area (Å²) in [5.74, 6) is 1.41. The highest BCUT2D eigenvalue weighted by Crippen LogP contribution is 2.21. The number of benzene rings is 1. The number of rotatable bonds is 4. The number of anilines is 1. The molecule has 3 aromatic heterocycles. The van der Waals surface area contributed by atoms with Crippen LogP contribution >= 0.6 is 11.3 Å². The predicted octanol–water partition coefficient (Wildman–Crippen LogP) is 4.05. The molecule has 0 aliphatic carbocycles. The van der Waals surface area contributed by atoms with Gasteiger partial charge in [-0.1, -0.05) is 12.1 Å². The third kappa shape index (κ3) is 2.68. The lowest BCUT2D eigenvalue weighted by atomic mass is 10.2. The van der Waals surface area contributed by atoms with Crippen LogP contribution in [-0.4, -0.2) is 19.5 Å². The average molecular weight is 321 g/mol. The minimum absolute atomic E-state index is 0.163. The lowest BCUT2D eigenvalue weighted by molar-refractivity contribution is 0.858. The standard InChI is InChI=1S/C17H15N5S/c1-12(13-7-9-23-10-13)20-17-18-8-6-16(21-17)22-11-19-14-4-2-3-5-15(14)22/h2-12H,1H3,(H,18,20,21). The van der Waals surface area contributed by atoms with Gasteiger partial charge in [0.05, 0.1) is 17.1 Å². The van der Waals surface area contributed by atoms with Gasteiger partial charge in [-0.05, 0) is 47.5 Å². The van der Waals surface area contributed by atoms with Crippen molar-refractivity contribution in [1.82, 2.24) is 19.5 Å². The Kier molecular flexibility index (Phi) is 3.51. The van der Waals surface area contributed by atoms with Gasteiger partial charge >= 0.3 is 0 Å². The van der Waals surface area contributed by atoms with Crippen molar-refractivity contribution in [2.24, 2.45) is 0 Å². The molecule has 0 aliphatic rings. The van der Waals surface area contributed by atoms with Gasteiger partial charge in [0.15, 0.2) is 0 Å². The molecule has 1 atom stereocenters. The van der Waals surface area contributed by atoms with Crippen LogP contribution in [0, 0.1) is 0 Å². The Morgan fingerprint density at radius 2 is 2.04 bits per heavy atom. The van der Waals surface area contributed by atoms with Gasteiger partial charge in [-0.15, -0.1) is 0 Å². The number of hydrogen-bond acceptors (Lipinski definition) is 5. The van der Waals surface area contributed by atoms with E-state index in [1.807, 2.05) is 34.9 Å². The van der Waals surface area contributed by atoms with E-state index in [1.165, 1.54) is 5.56 Å². The fourth-order valence-corrected chi connectivity index (χ4v) is 3.25. The third-order valence-electron chi connectivity index (χ3n) is 3.73.